The normalized spacial score (nSPS) is 10.8. The molecule has 1 aromatic carbocycles. The lowest BCUT2D eigenvalue weighted by Gasteiger charge is -2.08. The summed E-state index contributed by atoms with van der Waals surface area (Å²) in [6.07, 6.45) is 5.32. The fourth-order valence-electron chi connectivity index (χ4n) is 3.12. The summed E-state index contributed by atoms with van der Waals surface area (Å²) in [5.74, 6) is 0.747. The Hall–Kier alpha value is -3.65. The van der Waals surface area contributed by atoms with Gasteiger partial charge in [-0.3, -0.25) is 0 Å². The van der Waals surface area contributed by atoms with Gasteiger partial charge in [0.05, 0.1) is 17.6 Å². The first-order chi connectivity index (χ1) is 15.0. The van der Waals surface area contributed by atoms with Crippen LogP contribution in [0.15, 0.2) is 61.1 Å². The molecule has 0 spiro atoms. The molecule has 0 fully saturated rings. The lowest BCUT2D eigenvalue weighted by atomic mass is 10.3. The Morgan fingerprint density at radius 1 is 1.00 bits per heavy atom. The maximum absolute atomic E-state index is 12.1. The average Bonchev–Trinajstić information content (AvgIpc) is 3.37. The Labute approximate surface area is 184 Å². The van der Waals surface area contributed by atoms with E-state index in [9.17, 15) is 4.79 Å². The molecule has 0 aliphatic rings. The molecule has 0 saturated carbocycles. The Bertz CT molecular complexity index is 1180. The highest BCUT2D eigenvalue weighted by molar-refractivity contribution is 6.30. The number of carbonyl (C=O) groups excluding carboxylic acids is 1. The summed E-state index contributed by atoms with van der Waals surface area (Å²) >= 11 is 5.91. The van der Waals surface area contributed by atoms with Gasteiger partial charge in [-0.05, 0) is 55.8 Å². The van der Waals surface area contributed by atoms with E-state index in [1.807, 2.05) is 62.5 Å². The van der Waals surface area contributed by atoms with Crippen LogP contribution in [0, 0.1) is 13.8 Å². The van der Waals surface area contributed by atoms with Crippen LogP contribution in [0.2, 0.25) is 5.02 Å². The van der Waals surface area contributed by atoms with Crippen molar-refractivity contribution >= 4 is 17.6 Å². The van der Waals surface area contributed by atoms with Crippen LogP contribution in [0.4, 0.5) is 4.79 Å². The molecule has 0 aliphatic carbocycles. The third-order valence-corrected chi connectivity index (χ3v) is 4.92. The van der Waals surface area contributed by atoms with Crippen LogP contribution >= 0.6 is 11.6 Å². The number of nitrogens with zero attached hydrogens (tertiary/aromatic N) is 5. The molecule has 9 heteroatoms. The molecule has 2 N–H and O–H groups in total. The van der Waals surface area contributed by atoms with E-state index in [-0.39, 0.29) is 6.03 Å². The monoisotopic (exact) mass is 435 g/mol. The third kappa shape index (κ3) is 5.10. The number of amides is 2. The topological polar surface area (TPSA) is 89.7 Å². The molecule has 0 aliphatic heterocycles. The Balaban J connectivity index is 1.27. The van der Waals surface area contributed by atoms with Crippen LogP contribution in [-0.4, -0.2) is 30.6 Å². The molecule has 8 nitrogen and oxygen atoms in total. The highest BCUT2D eigenvalue weighted by Gasteiger charge is 2.07. The fourth-order valence-corrected chi connectivity index (χ4v) is 3.25. The van der Waals surface area contributed by atoms with Crippen molar-refractivity contribution in [3.63, 3.8) is 0 Å². The molecular formula is C22H22ClN7O. The first kappa shape index (κ1) is 20.6. The Morgan fingerprint density at radius 3 is 2.39 bits per heavy atom. The molecule has 2 amide bonds. The van der Waals surface area contributed by atoms with Gasteiger partial charge in [-0.25, -0.2) is 19.1 Å². The van der Waals surface area contributed by atoms with Crippen LogP contribution in [0.1, 0.15) is 22.5 Å². The van der Waals surface area contributed by atoms with Crippen LogP contribution in [0.5, 0.6) is 0 Å². The summed E-state index contributed by atoms with van der Waals surface area (Å²) < 4.78 is 3.53. The highest BCUT2D eigenvalue weighted by Crippen LogP contribution is 2.13. The van der Waals surface area contributed by atoms with Gasteiger partial charge in [-0.1, -0.05) is 17.7 Å². The number of aromatic nitrogens is 5. The predicted octanol–water partition coefficient (Wildman–Crippen LogP) is 3.72. The SMILES string of the molecule is Cc1cc(C)n(-c2ccc(CNC(=O)NCc3cnn(-c4ccc(Cl)cc4)c3)cn2)n1. The Kier molecular flexibility index (Phi) is 5.99. The zero-order valence-corrected chi connectivity index (χ0v) is 18.0. The van der Waals surface area contributed by atoms with E-state index in [4.69, 9.17) is 11.6 Å². The largest absolute Gasteiger partial charge is 0.334 e. The van der Waals surface area contributed by atoms with Crippen molar-refractivity contribution in [3.8, 4) is 11.5 Å². The van der Waals surface area contributed by atoms with E-state index < -0.39 is 0 Å². The van der Waals surface area contributed by atoms with Gasteiger partial charge in [-0.15, -0.1) is 0 Å². The standard InChI is InChI=1S/C22H22ClN7O/c1-15-9-16(2)30(28-15)21-8-3-17(10-24-21)11-25-22(31)26-12-18-13-27-29(14-18)20-6-4-19(23)5-7-20/h3-10,13-14H,11-12H2,1-2H3,(H2,25,26,31). The molecule has 3 heterocycles. The highest BCUT2D eigenvalue weighted by atomic mass is 35.5. The molecule has 0 unspecified atom stereocenters. The zero-order chi connectivity index (χ0) is 21.8. The quantitative estimate of drug-likeness (QED) is 0.483. The first-order valence-corrected chi connectivity index (χ1v) is 10.2. The summed E-state index contributed by atoms with van der Waals surface area (Å²) in [6, 6.07) is 12.9. The van der Waals surface area contributed by atoms with E-state index in [1.165, 1.54) is 0 Å². The van der Waals surface area contributed by atoms with Gasteiger partial charge in [0.25, 0.3) is 0 Å². The molecule has 3 aromatic heterocycles. The summed E-state index contributed by atoms with van der Waals surface area (Å²) in [5.41, 5.74) is 4.66. The van der Waals surface area contributed by atoms with Gasteiger partial charge in [0.2, 0.25) is 0 Å². The van der Waals surface area contributed by atoms with Crippen molar-refractivity contribution in [2.75, 3.05) is 0 Å². The van der Waals surface area contributed by atoms with Gasteiger partial charge in [0.15, 0.2) is 5.82 Å². The van der Waals surface area contributed by atoms with Crippen LogP contribution in [-0.2, 0) is 13.1 Å². The Morgan fingerprint density at radius 2 is 1.74 bits per heavy atom. The summed E-state index contributed by atoms with van der Waals surface area (Å²) in [4.78, 5) is 16.6. The van der Waals surface area contributed by atoms with Gasteiger partial charge in [0, 0.05) is 41.8 Å². The first-order valence-electron chi connectivity index (χ1n) is 9.78. The fraction of sp³-hybridized carbons (Fsp3) is 0.182. The number of pyridine rings is 1. The van der Waals surface area contributed by atoms with Crippen molar-refractivity contribution in [2.24, 2.45) is 0 Å². The maximum Gasteiger partial charge on any atom is 0.315 e. The zero-order valence-electron chi connectivity index (χ0n) is 17.2. The number of aryl methyl sites for hydroxylation is 2. The minimum absolute atomic E-state index is 0.262. The van der Waals surface area contributed by atoms with E-state index in [2.05, 4.69) is 25.8 Å². The molecule has 0 atom stereocenters. The van der Waals surface area contributed by atoms with E-state index >= 15 is 0 Å². The van der Waals surface area contributed by atoms with E-state index in [0.717, 1.165) is 34.0 Å². The smallest absolute Gasteiger partial charge is 0.315 e. The van der Waals surface area contributed by atoms with Crippen molar-refractivity contribution in [3.05, 3.63) is 88.6 Å². The molecule has 31 heavy (non-hydrogen) atoms. The number of hydrogen-bond donors (Lipinski definition) is 2. The predicted molar refractivity (Wildman–Crippen MR) is 118 cm³/mol. The summed E-state index contributed by atoms with van der Waals surface area (Å²) in [5, 5.41) is 15.1. The van der Waals surface area contributed by atoms with Crippen LogP contribution in [0.25, 0.3) is 11.5 Å². The number of rotatable bonds is 6. The van der Waals surface area contributed by atoms with Gasteiger partial charge < -0.3 is 10.6 Å². The van der Waals surface area contributed by atoms with Gasteiger partial charge in [-0.2, -0.15) is 10.2 Å². The molecule has 0 radical (unpaired) electrons. The van der Waals surface area contributed by atoms with E-state index in [1.54, 1.807) is 21.8 Å². The van der Waals surface area contributed by atoms with Crippen molar-refractivity contribution in [1.29, 1.82) is 0 Å². The average molecular weight is 436 g/mol. The molecule has 4 rings (SSSR count). The second kappa shape index (κ2) is 9.01. The lowest BCUT2D eigenvalue weighted by molar-refractivity contribution is 0.240. The van der Waals surface area contributed by atoms with Crippen molar-refractivity contribution in [2.45, 2.75) is 26.9 Å². The number of hydrogen-bond acceptors (Lipinski definition) is 4. The molecular weight excluding hydrogens is 414 g/mol. The molecule has 0 bridgehead atoms. The number of urea groups is 1. The number of benzene rings is 1. The van der Waals surface area contributed by atoms with Crippen LogP contribution in [0.3, 0.4) is 0 Å². The molecule has 4 aromatic rings. The minimum atomic E-state index is -0.262. The maximum atomic E-state index is 12.1. The van der Waals surface area contributed by atoms with E-state index in [0.29, 0.717) is 18.1 Å². The van der Waals surface area contributed by atoms with Gasteiger partial charge in [0.1, 0.15) is 0 Å². The summed E-state index contributed by atoms with van der Waals surface area (Å²) in [6.45, 7) is 4.68. The second-order valence-corrected chi connectivity index (χ2v) is 7.61. The lowest BCUT2D eigenvalue weighted by Crippen LogP contribution is -2.34. The third-order valence-electron chi connectivity index (χ3n) is 4.67. The number of nitrogens with one attached hydrogen (secondary N) is 2. The molecule has 158 valence electrons. The summed E-state index contributed by atoms with van der Waals surface area (Å²) in [7, 11) is 0. The number of carbonyl (C=O) groups is 1. The van der Waals surface area contributed by atoms with Crippen molar-refractivity contribution < 1.29 is 4.79 Å². The van der Waals surface area contributed by atoms with Crippen LogP contribution < -0.4 is 10.6 Å². The second-order valence-electron chi connectivity index (χ2n) is 7.17. The molecule has 0 saturated heterocycles. The van der Waals surface area contributed by atoms with Crippen molar-refractivity contribution in [1.82, 2.24) is 35.2 Å². The van der Waals surface area contributed by atoms with Gasteiger partial charge >= 0.3 is 6.03 Å². The minimum Gasteiger partial charge on any atom is -0.334 e. The number of halogens is 1.